The molecule has 0 aliphatic heterocycles. The van der Waals surface area contributed by atoms with Crippen LogP contribution in [0.1, 0.15) is 32.8 Å². The summed E-state index contributed by atoms with van der Waals surface area (Å²) in [5.74, 6) is 0. The van der Waals surface area contributed by atoms with Crippen molar-refractivity contribution in [2.24, 2.45) is 0 Å². The fraction of sp³-hybridized carbons (Fsp3) is 0.538. The number of hydrogen-bond acceptors (Lipinski definition) is 3. The molecule has 0 aromatic heterocycles. The summed E-state index contributed by atoms with van der Waals surface area (Å²) in [5.41, 5.74) is 1.22. The first-order valence-electron chi connectivity index (χ1n) is 6.14. The lowest BCUT2D eigenvalue weighted by atomic mass is 10.2. The Balaban J connectivity index is 2.91. The van der Waals surface area contributed by atoms with Crippen molar-refractivity contribution in [2.75, 3.05) is 13.2 Å². The van der Waals surface area contributed by atoms with Gasteiger partial charge in [0.05, 0.1) is 18.5 Å². The Hall–Kier alpha value is -0.630. The maximum atomic E-state index is 12.5. The van der Waals surface area contributed by atoms with E-state index in [0.717, 1.165) is 12.8 Å². The van der Waals surface area contributed by atoms with Crippen molar-refractivity contribution in [2.45, 2.75) is 33.6 Å². The number of hydrogen-bond donors (Lipinski definition) is 0. The molecule has 0 saturated heterocycles. The van der Waals surface area contributed by atoms with Gasteiger partial charge in [0.2, 0.25) is 0 Å². The van der Waals surface area contributed by atoms with E-state index in [1.165, 1.54) is 5.56 Å². The van der Waals surface area contributed by atoms with E-state index in [0.29, 0.717) is 18.5 Å². The summed E-state index contributed by atoms with van der Waals surface area (Å²) < 4.78 is 23.3. The van der Waals surface area contributed by atoms with E-state index in [9.17, 15) is 4.57 Å². The van der Waals surface area contributed by atoms with Gasteiger partial charge in [-0.3, -0.25) is 4.57 Å². The summed E-state index contributed by atoms with van der Waals surface area (Å²) in [6.07, 6.45) is 1.79. The number of rotatable bonds is 7. The molecule has 1 unspecified atom stereocenters. The highest BCUT2D eigenvalue weighted by atomic mass is 31.2. The van der Waals surface area contributed by atoms with Crippen molar-refractivity contribution in [1.82, 2.24) is 0 Å². The van der Waals surface area contributed by atoms with Gasteiger partial charge in [-0.05, 0) is 37.5 Å². The molecule has 0 bridgehead atoms. The van der Waals surface area contributed by atoms with E-state index < -0.39 is 7.60 Å². The molecule has 3 nitrogen and oxygen atoms in total. The minimum Gasteiger partial charge on any atom is -0.305 e. The fourth-order valence-electron chi connectivity index (χ4n) is 1.48. The third kappa shape index (κ3) is 3.95. The second kappa shape index (κ2) is 6.95. The highest BCUT2D eigenvalue weighted by Crippen LogP contribution is 2.46. The molecule has 0 heterocycles. The minimum atomic E-state index is -3.12. The second-order valence-corrected chi connectivity index (χ2v) is 5.80. The maximum Gasteiger partial charge on any atom is 0.361 e. The third-order valence-corrected chi connectivity index (χ3v) is 4.48. The average Bonchev–Trinajstić information content (AvgIpc) is 2.37. The van der Waals surface area contributed by atoms with Crippen LogP contribution in [0.2, 0.25) is 0 Å². The first-order valence-corrected chi connectivity index (χ1v) is 7.69. The zero-order valence-electron chi connectivity index (χ0n) is 10.8. The normalized spacial score (nSPS) is 14.5. The van der Waals surface area contributed by atoms with Crippen LogP contribution < -0.4 is 5.30 Å². The molecule has 0 aliphatic rings. The fourth-order valence-corrected chi connectivity index (χ4v) is 3.13. The van der Waals surface area contributed by atoms with Gasteiger partial charge in [-0.2, -0.15) is 0 Å². The van der Waals surface area contributed by atoms with Crippen molar-refractivity contribution in [3.8, 4) is 0 Å². The first-order chi connectivity index (χ1) is 8.16. The lowest BCUT2D eigenvalue weighted by Crippen LogP contribution is -2.11. The Labute approximate surface area is 104 Å². The van der Waals surface area contributed by atoms with E-state index in [-0.39, 0.29) is 0 Å². The van der Waals surface area contributed by atoms with Crippen LogP contribution in [0.15, 0.2) is 24.3 Å². The molecule has 1 rings (SSSR count). The molecule has 0 amide bonds. The van der Waals surface area contributed by atoms with Crippen molar-refractivity contribution in [1.29, 1.82) is 0 Å². The van der Waals surface area contributed by atoms with Crippen LogP contribution in [0.25, 0.3) is 0 Å². The van der Waals surface area contributed by atoms with Crippen molar-refractivity contribution < 1.29 is 13.6 Å². The van der Waals surface area contributed by atoms with Crippen LogP contribution in [-0.4, -0.2) is 13.2 Å². The standard InChI is InChI=1S/C13H21O3P/c1-4-11-16-17(14,15-6-3)13-9-7-12(5-2)8-10-13/h7-10H,4-6,11H2,1-3H3. The van der Waals surface area contributed by atoms with Gasteiger partial charge in [-0.25, -0.2) is 0 Å². The van der Waals surface area contributed by atoms with E-state index in [1.54, 1.807) is 0 Å². The van der Waals surface area contributed by atoms with Crippen LogP contribution >= 0.6 is 7.60 Å². The van der Waals surface area contributed by atoms with Crippen molar-refractivity contribution in [3.05, 3.63) is 29.8 Å². The Morgan fingerprint density at radius 2 is 1.71 bits per heavy atom. The Morgan fingerprint density at radius 3 is 2.18 bits per heavy atom. The van der Waals surface area contributed by atoms with E-state index in [1.807, 2.05) is 38.1 Å². The molecule has 1 aromatic carbocycles. The lowest BCUT2D eigenvalue weighted by molar-refractivity contribution is 0.221. The lowest BCUT2D eigenvalue weighted by Gasteiger charge is -2.17. The Morgan fingerprint density at radius 1 is 1.06 bits per heavy atom. The Bertz CT molecular complexity index is 373. The summed E-state index contributed by atoms with van der Waals surface area (Å²) in [5, 5.41) is 0.644. The monoisotopic (exact) mass is 256 g/mol. The average molecular weight is 256 g/mol. The molecule has 1 aromatic rings. The summed E-state index contributed by atoms with van der Waals surface area (Å²) in [7, 11) is -3.12. The van der Waals surface area contributed by atoms with Crippen LogP contribution in [0.3, 0.4) is 0 Å². The predicted octanol–water partition coefficient (Wildman–Crippen LogP) is 3.53. The summed E-state index contributed by atoms with van der Waals surface area (Å²) >= 11 is 0. The van der Waals surface area contributed by atoms with Gasteiger partial charge in [0, 0.05) is 0 Å². The SMILES string of the molecule is CCCOP(=O)(OCC)c1ccc(CC)cc1. The van der Waals surface area contributed by atoms with E-state index >= 15 is 0 Å². The zero-order valence-corrected chi connectivity index (χ0v) is 11.7. The molecular formula is C13H21O3P. The summed E-state index contributed by atoms with van der Waals surface area (Å²) in [6.45, 7) is 6.73. The maximum absolute atomic E-state index is 12.5. The van der Waals surface area contributed by atoms with Crippen molar-refractivity contribution >= 4 is 12.9 Å². The summed E-state index contributed by atoms with van der Waals surface area (Å²) in [6, 6.07) is 7.61. The van der Waals surface area contributed by atoms with Gasteiger partial charge in [-0.15, -0.1) is 0 Å². The predicted molar refractivity (Wildman–Crippen MR) is 70.9 cm³/mol. The Kier molecular flexibility index (Phi) is 5.90. The van der Waals surface area contributed by atoms with Gasteiger partial charge >= 0.3 is 7.60 Å². The molecule has 4 heteroatoms. The molecule has 0 N–H and O–H groups in total. The van der Waals surface area contributed by atoms with Gasteiger partial charge in [0.25, 0.3) is 0 Å². The van der Waals surface area contributed by atoms with Crippen LogP contribution in [0.5, 0.6) is 0 Å². The number of benzene rings is 1. The molecule has 0 aliphatic carbocycles. The van der Waals surface area contributed by atoms with Gasteiger partial charge in [0.1, 0.15) is 0 Å². The highest BCUT2D eigenvalue weighted by Gasteiger charge is 2.26. The van der Waals surface area contributed by atoms with Gasteiger partial charge in [0.15, 0.2) is 0 Å². The van der Waals surface area contributed by atoms with Crippen LogP contribution in [0, 0.1) is 0 Å². The summed E-state index contributed by atoms with van der Waals surface area (Å²) in [4.78, 5) is 0. The first kappa shape index (κ1) is 14.4. The largest absolute Gasteiger partial charge is 0.361 e. The van der Waals surface area contributed by atoms with Gasteiger partial charge in [-0.1, -0.05) is 26.0 Å². The van der Waals surface area contributed by atoms with E-state index in [2.05, 4.69) is 6.92 Å². The van der Waals surface area contributed by atoms with Crippen molar-refractivity contribution in [3.63, 3.8) is 0 Å². The second-order valence-electron chi connectivity index (χ2n) is 3.77. The zero-order chi connectivity index (χ0) is 12.7. The van der Waals surface area contributed by atoms with Gasteiger partial charge < -0.3 is 9.05 Å². The molecule has 0 spiro atoms. The molecule has 0 saturated carbocycles. The third-order valence-electron chi connectivity index (χ3n) is 2.43. The molecule has 0 fully saturated rings. The molecule has 96 valence electrons. The molecule has 0 radical (unpaired) electrons. The molecular weight excluding hydrogens is 235 g/mol. The van der Waals surface area contributed by atoms with Crippen LogP contribution in [0.4, 0.5) is 0 Å². The molecule has 17 heavy (non-hydrogen) atoms. The quantitative estimate of drug-likeness (QED) is 0.700. The van der Waals surface area contributed by atoms with E-state index in [4.69, 9.17) is 9.05 Å². The topological polar surface area (TPSA) is 35.5 Å². The smallest absolute Gasteiger partial charge is 0.305 e. The van der Waals surface area contributed by atoms with Crippen LogP contribution in [-0.2, 0) is 20.0 Å². The molecule has 1 atom stereocenters. The number of aryl methyl sites for hydroxylation is 1. The minimum absolute atomic E-state index is 0.385. The highest BCUT2D eigenvalue weighted by molar-refractivity contribution is 7.62.